The fourth-order valence-corrected chi connectivity index (χ4v) is 2.56. The first-order valence-electron chi connectivity index (χ1n) is 6.20. The molecule has 1 aromatic carbocycles. The van der Waals surface area contributed by atoms with Gasteiger partial charge in [-0.1, -0.05) is 35.5 Å². The van der Waals surface area contributed by atoms with Gasteiger partial charge in [-0.2, -0.15) is 0 Å². The third kappa shape index (κ3) is 3.53. The van der Waals surface area contributed by atoms with E-state index in [9.17, 15) is 4.79 Å². The number of hydrogen-bond donors (Lipinski definition) is 2. The molecule has 0 aliphatic rings. The molecule has 0 saturated heterocycles. The Bertz CT molecular complexity index is 739. The smallest absolute Gasteiger partial charge is 0.236 e. The van der Waals surface area contributed by atoms with Crippen molar-refractivity contribution in [3.63, 3.8) is 0 Å². The number of nitrogens with zero attached hydrogens (tertiary/aromatic N) is 2. The Hall–Kier alpha value is -2.05. The Morgan fingerprint density at radius 1 is 1.29 bits per heavy atom. The van der Waals surface area contributed by atoms with Crippen LogP contribution in [0.2, 0.25) is 5.02 Å². The van der Waals surface area contributed by atoms with E-state index in [-0.39, 0.29) is 11.7 Å². The first-order valence-corrected chi connectivity index (χ1v) is 7.56. The Kier molecular flexibility index (Phi) is 4.08. The van der Waals surface area contributed by atoms with Gasteiger partial charge in [0.25, 0.3) is 0 Å². The van der Waals surface area contributed by atoms with E-state index in [4.69, 9.17) is 11.6 Å². The lowest BCUT2D eigenvalue weighted by Crippen LogP contribution is -2.14. The fourth-order valence-electron chi connectivity index (χ4n) is 1.76. The number of carbonyl (C=O) groups is 1. The largest absolute Gasteiger partial charge is 0.333 e. The number of rotatable bonds is 4. The quantitative estimate of drug-likeness (QED) is 0.724. The maximum atomic E-state index is 11.8. The van der Waals surface area contributed by atoms with Crippen molar-refractivity contribution in [2.24, 2.45) is 0 Å². The lowest BCUT2D eigenvalue weighted by atomic mass is 10.3. The van der Waals surface area contributed by atoms with Crippen LogP contribution in [-0.4, -0.2) is 26.6 Å². The molecule has 2 heterocycles. The van der Waals surface area contributed by atoms with Crippen molar-refractivity contribution >= 4 is 46.1 Å². The summed E-state index contributed by atoms with van der Waals surface area (Å²) in [6, 6.07) is 11.1. The minimum absolute atomic E-state index is 0.143. The van der Waals surface area contributed by atoms with E-state index in [2.05, 4.69) is 20.3 Å². The van der Waals surface area contributed by atoms with Crippen molar-refractivity contribution in [3.05, 3.63) is 47.6 Å². The van der Waals surface area contributed by atoms with Crippen LogP contribution in [0.3, 0.4) is 0 Å². The van der Waals surface area contributed by atoms with Crippen LogP contribution in [-0.2, 0) is 4.79 Å². The summed E-state index contributed by atoms with van der Waals surface area (Å²) in [5, 5.41) is 3.95. The molecular formula is C14H11ClN4OS. The summed E-state index contributed by atoms with van der Waals surface area (Å²) < 4.78 is 0. The number of H-pyrrole nitrogens is 1. The van der Waals surface area contributed by atoms with Gasteiger partial charge in [-0.15, -0.1) is 0 Å². The number of halogens is 1. The second-order valence-electron chi connectivity index (χ2n) is 4.26. The van der Waals surface area contributed by atoms with Crippen molar-refractivity contribution in [1.29, 1.82) is 0 Å². The second-order valence-corrected chi connectivity index (χ2v) is 5.66. The van der Waals surface area contributed by atoms with Crippen LogP contribution in [0, 0.1) is 0 Å². The molecule has 1 amide bonds. The Labute approximate surface area is 130 Å². The van der Waals surface area contributed by atoms with Gasteiger partial charge in [0.2, 0.25) is 5.91 Å². The van der Waals surface area contributed by atoms with Gasteiger partial charge in [0.15, 0.2) is 5.16 Å². The van der Waals surface area contributed by atoms with E-state index in [0.29, 0.717) is 10.8 Å². The molecule has 0 bridgehead atoms. The molecule has 3 aromatic rings. The van der Waals surface area contributed by atoms with E-state index in [1.807, 2.05) is 24.3 Å². The maximum Gasteiger partial charge on any atom is 0.236 e. The topological polar surface area (TPSA) is 70.7 Å². The summed E-state index contributed by atoms with van der Waals surface area (Å²) in [4.78, 5) is 23.4. The van der Waals surface area contributed by atoms with Crippen molar-refractivity contribution in [1.82, 2.24) is 15.0 Å². The summed E-state index contributed by atoms with van der Waals surface area (Å²) in [5.41, 5.74) is 1.85. The average Bonchev–Trinajstić information content (AvgIpc) is 2.90. The molecule has 0 fully saturated rings. The van der Waals surface area contributed by atoms with Gasteiger partial charge in [-0.3, -0.25) is 4.79 Å². The van der Waals surface area contributed by atoms with Gasteiger partial charge in [-0.05, 0) is 24.3 Å². The molecule has 0 aliphatic carbocycles. The predicted molar refractivity (Wildman–Crippen MR) is 84.7 cm³/mol. The number of amides is 1. The van der Waals surface area contributed by atoms with Crippen molar-refractivity contribution < 1.29 is 4.79 Å². The van der Waals surface area contributed by atoms with E-state index in [0.717, 1.165) is 16.2 Å². The molecule has 2 aromatic heterocycles. The molecule has 21 heavy (non-hydrogen) atoms. The zero-order valence-corrected chi connectivity index (χ0v) is 12.4. The average molecular weight is 319 g/mol. The van der Waals surface area contributed by atoms with E-state index >= 15 is 0 Å². The van der Waals surface area contributed by atoms with Gasteiger partial charge in [0.1, 0.15) is 5.82 Å². The molecule has 0 radical (unpaired) electrons. The molecule has 106 valence electrons. The summed E-state index contributed by atoms with van der Waals surface area (Å²) in [6.07, 6.45) is 1.49. The zero-order chi connectivity index (χ0) is 14.7. The number of carbonyl (C=O) groups excluding carboxylic acids is 1. The van der Waals surface area contributed by atoms with Crippen LogP contribution in [0.25, 0.3) is 11.0 Å². The van der Waals surface area contributed by atoms with Crippen LogP contribution in [0.5, 0.6) is 0 Å². The van der Waals surface area contributed by atoms with Crippen LogP contribution in [0.4, 0.5) is 5.82 Å². The molecule has 7 heteroatoms. The number of pyridine rings is 1. The van der Waals surface area contributed by atoms with Gasteiger partial charge in [0, 0.05) is 6.20 Å². The molecule has 3 rings (SSSR count). The second kappa shape index (κ2) is 6.15. The number of anilines is 1. The van der Waals surface area contributed by atoms with Crippen LogP contribution in [0.15, 0.2) is 47.8 Å². The molecule has 0 saturated carbocycles. The van der Waals surface area contributed by atoms with Crippen molar-refractivity contribution in [2.45, 2.75) is 5.16 Å². The summed E-state index contributed by atoms with van der Waals surface area (Å²) >= 11 is 7.08. The van der Waals surface area contributed by atoms with Gasteiger partial charge < -0.3 is 10.3 Å². The number of hydrogen-bond acceptors (Lipinski definition) is 4. The lowest BCUT2D eigenvalue weighted by Gasteiger charge is -2.02. The third-order valence-electron chi connectivity index (χ3n) is 2.70. The number of thioether (sulfide) groups is 1. The first kappa shape index (κ1) is 13.9. The number of imidazole rings is 1. The molecule has 0 spiro atoms. The SMILES string of the molecule is O=C(CSc1nc2ccccc2[nH]1)Nc1ccc(Cl)cn1. The number of benzene rings is 1. The Balaban J connectivity index is 1.59. The molecule has 5 nitrogen and oxygen atoms in total. The fraction of sp³-hybridized carbons (Fsp3) is 0.0714. The highest BCUT2D eigenvalue weighted by Gasteiger charge is 2.07. The zero-order valence-electron chi connectivity index (χ0n) is 10.8. The van der Waals surface area contributed by atoms with E-state index in [1.165, 1.54) is 18.0 Å². The lowest BCUT2D eigenvalue weighted by molar-refractivity contribution is -0.113. The van der Waals surface area contributed by atoms with Crippen LogP contribution >= 0.6 is 23.4 Å². The highest BCUT2D eigenvalue weighted by Crippen LogP contribution is 2.19. The number of nitrogens with one attached hydrogen (secondary N) is 2. The van der Waals surface area contributed by atoms with Crippen molar-refractivity contribution in [3.8, 4) is 0 Å². The number of aromatic nitrogens is 3. The van der Waals surface area contributed by atoms with E-state index < -0.39 is 0 Å². The monoisotopic (exact) mass is 318 g/mol. The standard InChI is InChI=1S/C14H11ClN4OS/c15-9-5-6-12(16-7-9)19-13(20)8-21-14-17-10-3-1-2-4-11(10)18-14/h1-7H,8H2,(H,17,18)(H,16,19,20). The predicted octanol–water partition coefficient (Wildman–Crippen LogP) is 3.34. The van der Waals surface area contributed by atoms with Crippen molar-refractivity contribution in [2.75, 3.05) is 11.1 Å². The van der Waals surface area contributed by atoms with Gasteiger partial charge in [0.05, 0.1) is 21.8 Å². The van der Waals surface area contributed by atoms with Gasteiger partial charge >= 0.3 is 0 Å². The number of para-hydroxylation sites is 2. The summed E-state index contributed by atoms with van der Waals surface area (Å²) in [5.74, 6) is 0.592. The van der Waals surface area contributed by atoms with E-state index in [1.54, 1.807) is 12.1 Å². The third-order valence-corrected chi connectivity index (χ3v) is 3.80. The summed E-state index contributed by atoms with van der Waals surface area (Å²) in [7, 11) is 0. The van der Waals surface area contributed by atoms with Gasteiger partial charge in [-0.25, -0.2) is 9.97 Å². The first-order chi connectivity index (χ1) is 10.2. The normalized spacial score (nSPS) is 10.7. The minimum Gasteiger partial charge on any atom is -0.333 e. The molecular weight excluding hydrogens is 308 g/mol. The number of fused-ring (bicyclic) bond motifs is 1. The highest BCUT2D eigenvalue weighted by atomic mass is 35.5. The maximum absolute atomic E-state index is 11.8. The summed E-state index contributed by atoms with van der Waals surface area (Å²) in [6.45, 7) is 0. The molecule has 0 unspecified atom stereocenters. The number of aromatic amines is 1. The molecule has 0 atom stereocenters. The Morgan fingerprint density at radius 3 is 2.90 bits per heavy atom. The Morgan fingerprint density at radius 2 is 2.14 bits per heavy atom. The van der Waals surface area contributed by atoms with Crippen LogP contribution < -0.4 is 5.32 Å². The molecule has 0 aliphatic heterocycles. The molecule has 2 N–H and O–H groups in total. The van der Waals surface area contributed by atoms with Crippen LogP contribution in [0.1, 0.15) is 0 Å². The minimum atomic E-state index is -0.143. The highest BCUT2D eigenvalue weighted by molar-refractivity contribution is 7.99.